The van der Waals surface area contributed by atoms with Crippen molar-refractivity contribution in [1.82, 2.24) is 0 Å². The van der Waals surface area contributed by atoms with Crippen LogP contribution in [0, 0.1) is 11.7 Å². The van der Waals surface area contributed by atoms with Crippen LogP contribution in [0.4, 0.5) is 4.39 Å². The molecule has 2 N–H and O–H groups in total. The summed E-state index contributed by atoms with van der Waals surface area (Å²) in [5, 5.41) is 0.439. The summed E-state index contributed by atoms with van der Waals surface area (Å²) in [5.41, 5.74) is 6.81. The Morgan fingerprint density at radius 1 is 1.41 bits per heavy atom. The van der Waals surface area contributed by atoms with Crippen molar-refractivity contribution >= 4 is 11.6 Å². The second-order valence-electron chi connectivity index (χ2n) is 5.46. The molecule has 1 aliphatic carbocycles. The highest BCUT2D eigenvalue weighted by molar-refractivity contribution is 6.30. The van der Waals surface area contributed by atoms with E-state index in [0.717, 1.165) is 31.6 Å². The molecule has 0 radical (unpaired) electrons. The number of benzene rings is 1. The van der Waals surface area contributed by atoms with Crippen molar-refractivity contribution in [1.29, 1.82) is 0 Å². The van der Waals surface area contributed by atoms with Gasteiger partial charge in [0.1, 0.15) is 5.82 Å². The molecule has 2 rings (SSSR count). The highest BCUT2D eigenvalue weighted by Gasteiger charge is 2.30. The molecular weight excluding hydrogens is 237 g/mol. The second-order valence-corrected chi connectivity index (χ2v) is 5.89. The normalized spacial score (nSPS) is 29.3. The minimum absolute atomic E-state index is 0.235. The molecule has 1 nitrogen and oxygen atoms in total. The van der Waals surface area contributed by atoms with Crippen LogP contribution in [0.25, 0.3) is 0 Å². The second kappa shape index (κ2) is 4.95. The van der Waals surface area contributed by atoms with Gasteiger partial charge in [-0.3, -0.25) is 0 Å². The van der Waals surface area contributed by atoms with Crippen molar-refractivity contribution in [3.05, 3.63) is 34.6 Å². The van der Waals surface area contributed by atoms with Crippen LogP contribution >= 0.6 is 11.6 Å². The topological polar surface area (TPSA) is 26.0 Å². The van der Waals surface area contributed by atoms with Gasteiger partial charge in [-0.2, -0.15) is 0 Å². The first-order valence-corrected chi connectivity index (χ1v) is 6.59. The van der Waals surface area contributed by atoms with Crippen LogP contribution in [0.3, 0.4) is 0 Å². The van der Waals surface area contributed by atoms with Crippen LogP contribution in [0.2, 0.25) is 5.02 Å². The lowest BCUT2D eigenvalue weighted by molar-refractivity contribution is 0.242. The van der Waals surface area contributed by atoms with Gasteiger partial charge in [0.15, 0.2) is 0 Å². The summed E-state index contributed by atoms with van der Waals surface area (Å²) in [6.07, 6.45) is 4.87. The molecule has 0 unspecified atom stereocenters. The fourth-order valence-corrected chi connectivity index (χ4v) is 2.72. The van der Waals surface area contributed by atoms with E-state index in [4.69, 9.17) is 17.3 Å². The van der Waals surface area contributed by atoms with E-state index in [1.807, 2.05) is 0 Å². The minimum atomic E-state index is -0.235. The van der Waals surface area contributed by atoms with Gasteiger partial charge in [-0.25, -0.2) is 4.39 Å². The van der Waals surface area contributed by atoms with Gasteiger partial charge < -0.3 is 5.73 Å². The fourth-order valence-electron chi connectivity index (χ4n) is 2.56. The summed E-state index contributed by atoms with van der Waals surface area (Å²) < 4.78 is 13.7. The van der Waals surface area contributed by atoms with Gasteiger partial charge in [-0.15, -0.1) is 0 Å². The molecule has 0 spiro atoms. The van der Waals surface area contributed by atoms with Crippen LogP contribution in [0.5, 0.6) is 0 Å². The molecular formula is C14H19ClFN. The minimum Gasteiger partial charge on any atom is -0.325 e. The monoisotopic (exact) mass is 255 g/mol. The number of nitrogens with two attached hydrogens (primary N) is 1. The summed E-state index contributed by atoms with van der Waals surface area (Å²) >= 11 is 5.74. The van der Waals surface area contributed by atoms with E-state index in [0.29, 0.717) is 17.0 Å². The predicted molar refractivity (Wildman–Crippen MR) is 69.7 cm³/mol. The Morgan fingerprint density at radius 3 is 2.65 bits per heavy atom. The Bertz CT molecular complexity index is 397. The highest BCUT2D eigenvalue weighted by Crippen LogP contribution is 2.33. The first-order valence-electron chi connectivity index (χ1n) is 6.21. The molecule has 17 heavy (non-hydrogen) atoms. The average molecular weight is 256 g/mol. The lowest BCUT2D eigenvalue weighted by atomic mass is 9.74. The molecule has 1 aromatic carbocycles. The molecule has 0 amide bonds. The maximum absolute atomic E-state index is 13.7. The smallest absolute Gasteiger partial charge is 0.127 e. The molecule has 0 saturated heterocycles. The Hall–Kier alpha value is -0.600. The van der Waals surface area contributed by atoms with E-state index >= 15 is 0 Å². The largest absolute Gasteiger partial charge is 0.325 e. The molecule has 0 aliphatic heterocycles. The maximum Gasteiger partial charge on any atom is 0.127 e. The third kappa shape index (κ3) is 3.20. The Balaban J connectivity index is 2.09. The molecule has 0 bridgehead atoms. The van der Waals surface area contributed by atoms with Gasteiger partial charge >= 0.3 is 0 Å². The highest BCUT2D eigenvalue weighted by atomic mass is 35.5. The molecule has 1 aliphatic rings. The molecule has 1 aromatic rings. The van der Waals surface area contributed by atoms with Gasteiger partial charge in [0.2, 0.25) is 0 Å². The molecule has 1 fully saturated rings. The van der Waals surface area contributed by atoms with Gasteiger partial charge in [-0.1, -0.05) is 24.6 Å². The van der Waals surface area contributed by atoms with Gasteiger partial charge in [0.05, 0.1) is 0 Å². The third-order valence-corrected chi connectivity index (χ3v) is 4.06. The lowest BCUT2D eigenvalue weighted by Crippen LogP contribution is -2.45. The number of hydrogen-bond donors (Lipinski definition) is 1. The Labute approximate surface area is 107 Å². The van der Waals surface area contributed by atoms with E-state index in [9.17, 15) is 4.39 Å². The van der Waals surface area contributed by atoms with E-state index in [-0.39, 0.29) is 11.4 Å². The predicted octanol–water partition coefficient (Wildman–Crippen LogP) is 3.93. The van der Waals surface area contributed by atoms with E-state index in [1.165, 1.54) is 6.07 Å². The lowest BCUT2D eigenvalue weighted by Gasteiger charge is -2.36. The zero-order valence-corrected chi connectivity index (χ0v) is 10.9. The molecule has 94 valence electrons. The molecule has 0 atom stereocenters. The average Bonchev–Trinajstić information content (AvgIpc) is 2.27. The number of rotatable bonds is 2. The summed E-state index contributed by atoms with van der Waals surface area (Å²) in [5.74, 6) is 0.516. The Morgan fingerprint density at radius 2 is 2.06 bits per heavy atom. The number of hydrogen-bond acceptors (Lipinski definition) is 1. The standard InChI is InChI=1S/C14H19ClFN/c1-10-4-6-14(17,7-5-10)9-11-2-3-12(15)8-13(11)16/h2-3,8,10H,4-7,9,17H2,1H3. The van der Waals surface area contributed by atoms with E-state index in [2.05, 4.69) is 6.92 Å². The van der Waals surface area contributed by atoms with Gasteiger partial charge in [-0.05, 0) is 55.7 Å². The fraction of sp³-hybridized carbons (Fsp3) is 0.571. The summed E-state index contributed by atoms with van der Waals surface area (Å²) in [4.78, 5) is 0. The third-order valence-electron chi connectivity index (χ3n) is 3.83. The Kier molecular flexibility index (Phi) is 3.74. The maximum atomic E-state index is 13.7. The summed E-state index contributed by atoms with van der Waals surface area (Å²) in [6.45, 7) is 2.25. The zero-order valence-electron chi connectivity index (χ0n) is 10.2. The van der Waals surface area contributed by atoms with Crippen molar-refractivity contribution in [2.75, 3.05) is 0 Å². The quantitative estimate of drug-likeness (QED) is 0.851. The molecule has 1 saturated carbocycles. The van der Waals surface area contributed by atoms with Crippen LogP contribution in [-0.4, -0.2) is 5.54 Å². The van der Waals surface area contributed by atoms with Crippen LogP contribution in [0.1, 0.15) is 38.2 Å². The SMILES string of the molecule is CC1CCC(N)(Cc2ccc(Cl)cc2F)CC1. The molecule has 0 heterocycles. The first kappa shape index (κ1) is 12.8. The summed E-state index contributed by atoms with van der Waals surface area (Å²) in [6, 6.07) is 4.85. The van der Waals surface area contributed by atoms with Crippen LogP contribution < -0.4 is 5.73 Å². The summed E-state index contributed by atoms with van der Waals surface area (Å²) in [7, 11) is 0. The number of halogens is 2. The van der Waals surface area contributed by atoms with Crippen molar-refractivity contribution in [3.63, 3.8) is 0 Å². The van der Waals surface area contributed by atoms with Crippen molar-refractivity contribution in [2.24, 2.45) is 11.7 Å². The van der Waals surface area contributed by atoms with Gasteiger partial charge in [0.25, 0.3) is 0 Å². The van der Waals surface area contributed by atoms with Gasteiger partial charge in [0, 0.05) is 10.6 Å². The van der Waals surface area contributed by atoms with E-state index < -0.39 is 0 Å². The van der Waals surface area contributed by atoms with E-state index in [1.54, 1.807) is 12.1 Å². The van der Waals surface area contributed by atoms with Crippen LogP contribution in [-0.2, 0) is 6.42 Å². The van der Waals surface area contributed by atoms with Crippen molar-refractivity contribution < 1.29 is 4.39 Å². The van der Waals surface area contributed by atoms with Crippen molar-refractivity contribution in [3.8, 4) is 0 Å². The first-order chi connectivity index (χ1) is 7.98. The van der Waals surface area contributed by atoms with Crippen LogP contribution in [0.15, 0.2) is 18.2 Å². The zero-order chi connectivity index (χ0) is 12.5. The molecule has 3 heteroatoms. The van der Waals surface area contributed by atoms with Crippen molar-refractivity contribution in [2.45, 2.75) is 44.6 Å². The molecule has 0 aromatic heterocycles.